The highest BCUT2D eigenvalue weighted by molar-refractivity contribution is 6.05. The van der Waals surface area contributed by atoms with Crippen molar-refractivity contribution < 1.29 is 27.4 Å². The van der Waals surface area contributed by atoms with Crippen molar-refractivity contribution in [3.63, 3.8) is 0 Å². The van der Waals surface area contributed by atoms with Crippen LogP contribution in [0.1, 0.15) is 12.5 Å². The molecule has 1 aliphatic rings. The van der Waals surface area contributed by atoms with Crippen LogP contribution >= 0.6 is 0 Å². The molecule has 0 spiro atoms. The smallest absolute Gasteiger partial charge is 0.446 e. The molecule has 1 unspecified atom stereocenters. The number of nitrogens with zero attached hydrogens (tertiary/aromatic N) is 3. The maximum atomic E-state index is 13.7. The molecule has 6 nitrogen and oxygen atoms in total. The summed E-state index contributed by atoms with van der Waals surface area (Å²) in [4.78, 5) is 20.2. The summed E-state index contributed by atoms with van der Waals surface area (Å²) in [7, 11) is 2.89. The number of benzene rings is 1. The second-order valence-corrected chi connectivity index (χ2v) is 5.06. The van der Waals surface area contributed by atoms with E-state index in [1.54, 1.807) is 18.2 Å². The maximum Gasteiger partial charge on any atom is 0.446 e. The Hall–Kier alpha value is -2.58. The maximum absolute atomic E-state index is 13.7. The number of rotatable bonds is 3. The normalized spacial score (nSPS) is 20.6. The van der Waals surface area contributed by atoms with Crippen LogP contribution in [0.3, 0.4) is 0 Å². The van der Waals surface area contributed by atoms with Crippen LogP contribution in [0.15, 0.2) is 40.3 Å². The second kappa shape index (κ2) is 6.50. The van der Waals surface area contributed by atoms with Gasteiger partial charge in [-0.3, -0.25) is 0 Å². The van der Waals surface area contributed by atoms with Crippen LogP contribution in [0.25, 0.3) is 0 Å². The molecular formula is C15H16F3N3O3. The van der Waals surface area contributed by atoms with E-state index in [1.165, 1.54) is 38.1 Å². The van der Waals surface area contributed by atoms with Gasteiger partial charge in [0.25, 0.3) is 6.02 Å². The van der Waals surface area contributed by atoms with Gasteiger partial charge < -0.3 is 14.4 Å². The van der Waals surface area contributed by atoms with E-state index in [0.29, 0.717) is 0 Å². The first-order valence-corrected chi connectivity index (χ1v) is 7.05. The van der Waals surface area contributed by atoms with Crippen molar-refractivity contribution in [1.82, 2.24) is 4.90 Å². The molecule has 1 aromatic carbocycles. The third kappa shape index (κ3) is 3.19. The average molecular weight is 343 g/mol. The highest BCUT2D eigenvalue weighted by Gasteiger charge is 2.65. The second-order valence-electron chi connectivity index (χ2n) is 5.06. The molecule has 2 rings (SSSR count). The number of alkyl halides is 3. The van der Waals surface area contributed by atoms with Gasteiger partial charge in [0, 0.05) is 19.7 Å². The van der Waals surface area contributed by atoms with E-state index >= 15 is 0 Å². The Kier molecular flexibility index (Phi) is 4.81. The molecule has 1 heterocycles. The van der Waals surface area contributed by atoms with Gasteiger partial charge in [0.2, 0.25) is 5.90 Å². The van der Waals surface area contributed by atoms with Crippen molar-refractivity contribution in [3.8, 4) is 0 Å². The monoisotopic (exact) mass is 343 g/mol. The molecule has 0 saturated heterocycles. The summed E-state index contributed by atoms with van der Waals surface area (Å²) < 4.78 is 51.0. The number of aliphatic imine (C=N–C) groups is 2. The number of hydrogen-bond donors (Lipinski definition) is 0. The number of halogens is 3. The lowest BCUT2D eigenvalue weighted by Crippen LogP contribution is -2.54. The Balaban J connectivity index is 2.65. The highest BCUT2D eigenvalue weighted by Crippen LogP contribution is 2.39. The molecule has 130 valence electrons. The minimum Gasteiger partial charge on any atom is -0.462 e. The number of esters is 1. The van der Waals surface area contributed by atoms with Crippen molar-refractivity contribution in [2.24, 2.45) is 9.98 Å². The third-order valence-corrected chi connectivity index (χ3v) is 3.07. The van der Waals surface area contributed by atoms with Crippen LogP contribution in [0, 0.1) is 0 Å². The van der Waals surface area contributed by atoms with E-state index in [-0.39, 0.29) is 18.1 Å². The number of carbonyl (C=O) groups is 1. The van der Waals surface area contributed by atoms with Crippen molar-refractivity contribution in [2.45, 2.75) is 18.8 Å². The molecule has 0 saturated carbocycles. The number of hydrogen-bond acceptors (Lipinski definition) is 6. The fourth-order valence-electron chi connectivity index (χ4n) is 1.90. The van der Waals surface area contributed by atoms with Crippen molar-refractivity contribution in [2.75, 3.05) is 20.7 Å². The summed E-state index contributed by atoms with van der Waals surface area (Å²) in [5.41, 5.74) is -3.11. The van der Waals surface area contributed by atoms with Crippen LogP contribution < -0.4 is 0 Å². The first-order chi connectivity index (χ1) is 11.2. The molecule has 24 heavy (non-hydrogen) atoms. The molecule has 0 N–H and O–H groups in total. The molecule has 0 bridgehead atoms. The highest BCUT2D eigenvalue weighted by atomic mass is 19.4. The van der Waals surface area contributed by atoms with Gasteiger partial charge in [-0.2, -0.15) is 23.2 Å². The molecule has 0 amide bonds. The third-order valence-electron chi connectivity index (χ3n) is 3.07. The largest absolute Gasteiger partial charge is 0.462 e. The molecular weight excluding hydrogens is 327 g/mol. The standard InChI is InChI=1S/C15H16F3N3O3/c1-4-23-12(22)14(15(16,17)18)19-11(10-8-6-5-7-9-10)24-13(20-14)21(2)3/h5-9H,4H2,1-3H3. The van der Waals surface area contributed by atoms with Gasteiger partial charge in [0.05, 0.1) is 6.61 Å². The van der Waals surface area contributed by atoms with Gasteiger partial charge in [-0.05, 0) is 19.1 Å². The van der Waals surface area contributed by atoms with Crippen LogP contribution in [-0.4, -0.2) is 55.3 Å². The summed E-state index contributed by atoms with van der Waals surface area (Å²) in [6.45, 7) is 1.17. The molecule has 0 fully saturated rings. The summed E-state index contributed by atoms with van der Waals surface area (Å²) in [6.07, 6.45) is -5.09. The zero-order valence-electron chi connectivity index (χ0n) is 13.3. The summed E-state index contributed by atoms with van der Waals surface area (Å²) in [5.74, 6) is -1.96. The van der Waals surface area contributed by atoms with Gasteiger partial charge in [-0.25, -0.2) is 4.79 Å². The van der Waals surface area contributed by atoms with Crippen LogP contribution in [0.5, 0.6) is 0 Å². The molecule has 0 aromatic heterocycles. The summed E-state index contributed by atoms with van der Waals surface area (Å²) in [5, 5.41) is 0. The van der Waals surface area contributed by atoms with Gasteiger partial charge in [0.15, 0.2) is 0 Å². The fourth-order valence-corrected chi connectivity index (χ4v) is 1.90. The molecule has 1 aromatic rings. The van der Waals surface area contributed by atoms with Crippen molar-refractivity contribution in [1.29, 1.82) is 0 Å². The molecule has 0 radical (unpaired) electrons. The Labute approximate surface area is 136 Å². The first-order valence-electron chi connectivity index (χ1n) is 7.05. The van der Waals surface area contributed by atoms with E-state index in [4.69, 9.17) is 4.74 Å². The average Bonchev–Trinajstić information content (AvgIpc) is 2.54. The minimum atomic E-state index is -5.09. The molecule has 1 atom stereocenters. The summed E-state index contributed by atoms with van der Waals surface area (Å²) in [6, 6.07) is 7.56. The minimum absolute atomic E-state index is 0.236. The van der Waals surface area contributed by atoms with Crippen molar-refractivity contribution in [3.05, 3.63) is 35.9 Å². The Bertz CT molecular complexity index is 672. The van der Waals surface area contributed by atoms with Crippen LogP contribution in [0.4, 0.5) is 13.2 Å². The Morgan fingerprint density at radius 3 is 2.38 bits per heavy atom. The SMILES string of the molecule is CCOC(=O)C1(C(F)(F)F)N=C(c2ccccc2)OC(N(C)C)=N1. The van der Waals surface area contributed by atoms with Crippen molar-refractivity contribution >= 4 is 17.9 Å². The van der Waals surface area contributed by atoms with E-state index < -0.39 is 23.8 Å². The topological polar surface area (TPSA) is 63.5 Å². The molecule has 9 heteroatoms. The zero-order valence-corrected chi connectivity index (χ0v) is 13.3. The van der Waals surface area contributed by atoms with Gasteiger partial charge >= 0.3 is 17.8 Å². The van der Waals surface area contributed by atoms with Gasteiger partial charge in [0.1, 0.15) is 0 Å². The van der Waals surface area contributed by atoms with E-state index in [2.05, 4.69) is 14.7 Å². The van der Waals surface area contributed by atoms with Gasteiger partial charge in [-0.15, -0.1) is 0 Å². The fraction of sp³-hybridized carbons (Fsp3) is 0.400. The predicted molar refractivity (Wildman–Crippen MR) is 80.6 cm³/mol. The van der Waals surface area contributed by atoms with E-state index in [0.717, 1.165) is 0 Å². The Morgan fingerprint density at radius 1 is 1.25 bits per heavy atom. The quantitative estimate of drug-likeness (QED) is 0.790. The summed E-state index contributed by atoms with van der Waals surface area (Å²) >= 11 is 0. The Morgan fingerprint density at radius 2 is 1.88 bits per heavy atom. The number of ether oxygens (including phenoxy) is 2. The zero-order chi connectivity index (χ0) is 18.0. The lowest BCUT2D eigenvalue weighted by molar-refractivity contribution is -0.204. The first kappa shape index (κ1) is 17.8. The van der Waals surface area contributed by atoms with Gasteiger partial charge in [-0.1, -0.05) is 18.2 Å². The molecule has 0 aliphatic carbocycles. The van der Waals surface area contributed by atoms with Crippen LogP contribution in [-0.2, 0) is 14.3 Å². The van der Waals surface area contributed by atoms with E-state index in [9.17, 15) is 18.0 Å². The predicted octanol–water partition coefficient (Wildman–Crippen LogP) is 2.20. The van der Waals surface area contributed by atoms with E-state index in [1.807, 2.05) is 0 Å². The number of amidine groups is 1. The van der Waals surface area contributed by atoms with Crippen LogP contribution in [0.2, 0.25) is 0 Å². The molecule has 1 aliphatic heterocycles. The lowest BCUT2D eigenvalue weighted by Gasteiger charge is -2.32. The number of carbonyl (C=O) groups excluding carboxylic acids is 1. The lowest BCUT2D eigenvalue weighted by atomic mass is 10.1.